The van der Waals surface area contributed by atoms with Crippen molar-refractivity contribution >= 4 is 15.7 Å². The van der Waals surface area contributed by atoms with E-state index in [-0.39, 0.29) is 10.3 Å². The molecule has 1 aliphatic carbocycles. The fourth-order valence-electron chi connectivity index (χ4n) is 2.79. The second-order valence-corrected chi connectivity index (χ2v) is 7.87. The topological polar surface area (TPSA) is 81.4 Å². The van der Waals surface area contributed by atoms with E-state index >= 15 is 0 Å². The quantitative estimate of drug-likeness (QED) is 0.819. The molecule has 0 spiro atoms. The summed E-state index contributed by atoms with van der Waals surface area (Å²) in [6.07, 6.45) is 5.74. The first kappa shape index (κ1) is 16.1. The molecule has 0 amide bonds. The molecule has 5 nitrogen and oxygen atoms in total. The maximum Gasteiger partial charge on any atom is 0.240 e. The molecule has 118 valence electrons. The highest BCUT2D eigenvalue weighted by atomic mass is 32.2. The number of nitrogen functional groups attached to an aromatic ring is 1. The van der Waals surface area contributed by atoms with Crippen LogP contribution in [0.25, 0.3) is 0 Å². The maximum absolute atomic E-state index is 12.4. The molecule has 1 aromatic rings. The molecular weight excluding hydrogens is 288 g/mol. The molecule has 1 aromatic carbocycles. The monoisotopic (exact) mass is 312 g/mol. The zero-order valence-electron chi connectivity index (χ0n) is 12.7. The molecule has 21 heavy (non-hydrogen) atoms. The van der Waals surface area contributed by atoms with Crippen LogP contribution in [-0.4, -0.2) is 22.1 Å². The molecule has 0 unspecified atom stereocenters. The summed E-state index contributed by atoms with van der Waals surface area (Å²) in [5.41, 5.74) is 6.20. The van der Waals surface area contributed by atoms with E-state index in [1.807, 2.05) is 0 Å². The number of ether oxygens (including phenoxy) is 1. The number of hydrogen-bond donors (Lipinski definition) is 2. The van der Waals surface area contributed by atoms with Gasteiger partial charge >= 0.3 is 0 Å². The van der Waals surface area contributed by atoms with Crippen LogP contribution >= 0.6 is 0 Å². The average molecular weight is 312 g/mol. The van der Waals surface area contributed by atoms with Gasteiger partial charge in [-0.3, -0.25) is 0 Å². The summed E-state index contributed by atoms with van der Waals surface area (Å²) in [6.45, 7) is 2.63. The number of hydrogen-bond acceptors (Lipinski definition) is 4. The van der Waals surface area contributed by atoms with Crippen molar-refractivity contribution in [2.75, 3.05) is 19.4 Å². The number of nitrogens with one attached hydrogen (secondary N) is 1. The normalized spacial score (nSPS) is 18.4. The van der Waals surface area contributed by atoms with Crippen molar-refractivity contribution in [2.24, 2.45) is 5.41 Å². The van der Waals surface area contributed by atoms with Crippen molar-refractivity contribution < 1.29 is 13.2 Å². The molecule has 0 heterocycles. The molecule has 1 fully saturated rings. The molecule has 3 N–H and O–H groups in total. The van der Waals surface area contributed by atoms with Gasteiger partial charge in [0.2, 0.25) is 10.0 Å². The van der Waals surface area contributed by atoms with Crippen LogP contribution in [0.1, 0.15) is 39.0 Å². The number of rotatable bonds is 5. The van der Waals surface area contributed by atoms with E-state index in [0.29, 0.717) is 18.0 Å². The second kappa shape index (κ2) is 6.23. The van der Waals surface area contributed by atoms with Crippen molar-refractivity contribution in [1.82, 2.24) is 4.72 Å². The fourth-order valence-corrected chi connectivity index (χ4v) is 4.01. The zero-order chi connectivity index (χ0) is 15.5. The highest BCUT2D eigenvalue weighted by Crippen LogP contribution is 2.35. The van der Waals surface area contributed by atoms with E-state index in [9.17, 15) is 8.42 Å². The van der Waals surface area contributed by atoms with Crippen molar-refractivity contribution in [2.45, 2.75) is 43.9 Å². The average Bonchev–Trinajstić information content (AvgIpc) is 2.46. The Balaban J connectivity index is 2.11. The standard InChI is InChI=1S/C15H24N2O3S/c1-15(8-4-3-5-9-15)11-17-21(18,19)12-6-7-13(16)14(10-12)20-2/h6-7,10,17H,3-5,8-9,11,16H2,1-2H3. The zero-order valence-corrected chi connectivity index (χ0v) is 13.5. The van der Waals surface area contributed by atoms with Crippen molar-refractivity contribution in [3.63, 3.8) is 0 Å². The molecule has 1 saturated carbocycles. The molecule has 0 saturated heterocycles. The number of nitrogens with two attached hydrogens (primary N) is 1. The van der Waals surface area contributed by atoms with Gasteiger partial charge in [0.05, 0.1) is 17.7 Å². The molecule has 0 bridgehead atoms. The first-order chi connectivity index (χ1) is 9.86. The summed E-state index contributed by atoms with van der Waals surface area (Å²) in [6, 6.07) is 4.51. The molecule has 0 aliphatic heterocycles. The van der Waals surface area contributed by atoms with E-state index in [0.717, 1.165) is 12.8 Å². The van der Waals surface area contributed by atoms with Gasteiger partial charge in [0.15, 0.2) is 0 Å². The van der Waals surface area contributed by atoms with Gasteiger partial charge < -0.3 is 10.5 Å². The minimum absolute atomic E-state index is 0.0587. The smallest absolute Gasteiger partial charge is 0.240 e. The molecule has 0 atom stereocenters. The predicted octanol–water partition coefficient (Wildman–Crippen LogP) is 2.53. The Bertz CT molecular complexity index is 593. The van der Waals surface area contributed by atoms with Crippen molar-refractivity contribution in [3.05, 3.63) is 18.2 Å². The fraction of sp³-hybridized carbons (Fsp3) is 0.600. The minimum atomic E-state index is -3.53. The van der Waals surface area contributed by atoms with Crippen LogP contribution in [0.4, 0.5) is 5.69 Å². The Morgan fingerprint density at radius 1 is 1.29 bits per heavy atom. The van der Waals surface area contributed by atoms with Crippen molar-refractivity contribution in [3.8, 4) is 5.75 Å². The summed E-state index contributed by atoms with van der Waals surface area (Å²) in [7, 11) is -2.06. The molecule has 1 aliphatic rings. The van der Waals surface area contributed by atoms with Crippen molar-refractivity contribution in [1.29, 1.82) is 0 Å². The number of sulfonamides is 1. The van der Waals surface area contributed by atoms with Crippen LogP contribution in [0.15, 0.2) is 23.1 Å². The van der Waals surface area contributed by atoms with E-state index in [4.69, 9.17) is 10.5 Å². The highest BCUT2D eigenvalue weighted by molar-refractivity contribution is 7.89. The Morgan fingerprint density at radius 3 is 2.57 bits per heavy atom. The number of anilines is 1. The molecule has 0 radical (unpaired) electrons. The third-order valence-corrected chi connectivity index (χ3v) is 5.66. The first-order valence-electron chi connectivity index (χ1n) is 7.29. The van der Waals surface area contributed by atoms with Gasteiger partial charge in [0.1, 0.15) is 5.75 Å². The van der Waals surface area contributed by atoms with Crippen LogP contribution in [0.5, 0.6) is 5.75 Å². The Morgan fingerprint density at radius 2 is 1.95 bits per heavy atom. The van der Waals surface area contributed by atoms with Crippen LogP contribution in [0.2, 0.25) is 0 Å². The Labute approximate surface area is 126 Å². The minimum Gasteiger partial charge on any atom is -0.495 e. The van der Waals surface area contributed by atoms with E-state index in [2.05, 4.69) is 11.6 Å². The van der Waals surface area contributed by atoms with Gasteiger partial charge in [0.25, 0.3) is 0 Å². The molecule has 0 aromatic heterocycles. The second-order valence-electron chi connectivity index (χ2n) is 6.10. The third kappa shape index (κ3) is 3.89. The summed E-state index contributed by atoms with van der Waals surface area (Å²) < 4.78 is 32.6. The van der Waals surface area contributed by atoms with Gasteiger partial charge in [-0.2, -0.15) is 0 Å². The van der Waals surface area contributed by atoms with Gasteiger partial charge in [-0.1, -0.05) is 26.2 Å². The summed E-state index contributed by atoms with van der Waals surface area (Å²) in [4.78, 5) is 0.188. The van der Waals surface area contributed by atoms with Gasteiger partial charge in [-0.15, -0.1) is 0 Å². The largest absolute Gasteiger partial charge is 0.495 e. The summed E-state index contributed by atoms with van der Waals surface area (Å²) in [5.74, 6) is 0.377. The van der Waals surface area contributed by atoms with Crippen LogP contribution in [-0.2, 0) is 10.0 Å². The van der Waals surface area contributed by atoms with Crippen LogP contribution in [0.3, 0.4) is 0 Å². The summed E-state index contributed by atoms with van der Waals surface area (Å²) >= 11 is 0. The van der Waals surface area contributed by atoms with E-state index in [1.54, 1.807) is 6.07 Å². The lowest BCUT2D eigenvalue weighted by molar-refractivity contribution is 0.219. The highest BCUT2D eigenvalue weighted by Gasteiger charge is 2.28. The first-order valence-corrected chi connectivity index (χ1v) is 8.78. The van der Waals surface area contributed by atoms with Crippen LogP contribution in [0, 0.1) is 5.41 Å². The lowest BCUT2D eigenvalue weighted by Gasteiger charge is -2.33. The third-order valence-electron chi connectivity index (χ3n) is 4.26. The van der Waals surface area contributed by atoms with Gasteiger partial charge in [-0.25, -0.2) is 13.1 Å². The maximum atomic E-state index is 12.4. The lowest BCUT2D eigenvalue weighted by Crippen LogP contribution is -2.37. The van der Waals surface area contributed by atoms with E-state index < -0.39 is 10.0 Å². The van der Waals surface area contributed by atoms with Crippen LogP contribution < -0.4 is 15.2 Å². The van der Waals surface area contributed by atoms with Gasteiger partial charge in [-0.05, 0) is 30.4 Å². The van der Waals surface area contributed by atoms with Gasteiger partial charge in [0, 0.05) is 12.6 Å². The predicted molar refractivity (Wildman–Crippen MR) is 83.8 cm³/mol. The lowest BCUT2D eigenvalue weighted by atomic mass is 9.76. The number of methoxy groups -OCH3 is 1. The summed E-state index contributed by atoms with van der Waals surface area (Å²) in [5, 5.41) is 0. The number of benzene rings is 1. The molecule has 6 heteroatoms. The van der Waals surface area contributed by atoms with E-state index in [1.165, 1.54) is 38.5 Å². The Hall–Kier alpha value is -1.27. The Kier molecular flexibility index (Phi) is 4.78. The SMILES string of the molecule is COc1cc(S(=O)(=O)NCC2(C)CCCCC2)ccc1N. The molecule has 2 rings (SSSR count). The molecular formula is C15H24N2O3S.